The Hall–Kier alpha value is -1.02. The van der Waals surface area contributed by atoms with Gasteiger partial charge in [-0.05, 0) is 31.4 Å². The van der Waals surface area contributed by atoms with Gasteiger partial charge < -0.3 is 4.74 Å². The van der Waals surface area contributed by atoms with Gasteiger partial charge in [-0.3, -0.25) is 4.79 Å². The molecule has 1 heterocycles. The third-order valence-corrected chi connectivity index (χ3v) is 3.51. The zero-order valence-electron chi connectivity index (χ0n) is 9.99. The van der Waals surface area contributed by atoms with Crippen LogP contribution in [0.1, 0.15) is 25.3 Å². The summed E-state index contributed by atoms with van der Waals surface area (Å²) in [7, 11) is 0. The van der Waals surface area contributed by atoms with Gasteiger partial charge >= 0.3 is 0 Å². The summed E-state index contributed by atoms with van der Waals surface area (Å²) in [5.41, 5.74) is 1.24. The molecule has 1 aromatic carbocycles. The fourth-order valence-corrected chi connectivity index (χ4v) is 2.58. The molecule has 0 bridgehead atoms. The lowest BCUT2D eigenvalue weighted by Gasteiger charge is -2.17. The Morgan fingerprint density at radius 3 is 2.94 bits per heavy atom. The normalized spacial score (nSPS) is 19.5. The van der Waals surface area contributed by atoms with E-state index in [2.05, 4.69) is 6.07 Å². The number of ketones is 1. The molecule has 0 N–H and O–H groups in total. The van der Waals surface area contributed by atoms with E-state index in [1.807, 2.05) is 18.2 Å². The van der Waals surface area contributed by atoms with E-state index in [4.69, 9.17) is 16.3 Å². The molecule has 0 aliphatic carbocycles. The molecule has 17 heavy (non-hydrogen) atoms. The maximum atomic E-state index is 11.5. The van der Waals surface area contributed by atoms with E-state index in [0.29, 0.717) is 5.88 Å². The number of rotatable bonds is 5. The Balaban J connectivity index is 1.96. The molecule has 1 aromatic rings. The first-order valence-electron chi connectivity index (χ1n) is 6.01. The maximum absolute atomic E-state index is 11.5. The molecule has 0 spiro atoms. The van der Waals surface area contributed by atoms with Gasteiger partial charge in [-0.25, -0.2) is 0 Å². The van der Waals surface area contributed by atoms with Crippen molar-refractivity contribution in [2.24, 2.45) is 5.92 Å². The summed E-state index contributed by atoms with van der Waals surface area (Å²) in [4.78, 5) is 11.5. The molecule has 1 aliphatic heterocycles. The summed E-state index contributed by atoms with van der Waals surface area (Å²) in [5, 5.41) is 0. The van der Waals surface area contributed by atoms with Gasteiger partial charge in [0.2, 0.25) is 0 Å². The number of ether oxygens (including phenoxy) is 1. The second kappa shape index (κ2) is 5.54. The SMILES string of the molecule is CC(=O)C(CCCl)CC1Cc2ccccc2O1. The number of fused-ring (bicyclic) bond motifs is 1. The summed E-state index contributed by atoms with van der Waals surface area (Å²) in [6.45, 7) is 1.64. The van der Waals surface area contributed by atoms with Crippen molar-refractivity contribution in [3.8, 4) is 5.75 Å². The minimum atomic E-state index is 0.0341. The van der Waals surface area contributed by atoms with Crippen LogP contribution in [0.15, 0.2) is 24.3 Å². The van der Waals surface area contributed by atoms with Crippen molar-refractivity contribution in [2.45, 2.75) is 32.3 Å². The Morgan fingerprint density at radius 1 is 1.53 bits per heavy atom. The topological polar surface area (TPSA) is 26.3 Å². The van der Waals surface area contributed by atoms with Crippen LogP contribution in [-0.4, -0.2) is 17.8 Å². The number of carbonyl (C=O) groups excluding carboxylic acids is 1. The van der Waals surface area contributed by atoms with Crippen LogP contribution in [0.4, 0.5) is 0 Å². The van der Waals surface area contributed by atoms with Crippen LogP contribution in [0.5, 0.6) is 5.75 Å². The highest BCUT2D eigenvalue weighted by Crippen LogP contribution is 2.31. The van der Waals surface area contributed by atoms with Gasteiger partial charge in [0.25, 0.3) is 0 Å². The van der Waals surface area contributed by atoms with Crippen molar-refractivity contribution in [3.63, 3.8) is 0 Å². The Bertz CT molecular complexity index is 378. The van der Waals surface area contributed by atoms with E-state index in [1.165, 1.54) is 5.56 Å². The molecule has 3 heteroatoms. The zero-order chi connectivity index (χ0) is 12.3. The van der Waals surface area contributed by atoms with Crippen molar-refractivity contribution >= 4 is 17.4 Å². The number of halogens is 1. The van der Waals surface area contributed by atoms with E-state index in [-0.39, 0.29) is 17.8 Å². The van der Waals surface area contributed by atoms with E-state index in [1.54, 1.807) is 6.92 Å². The molecule has 2 atom stereocenters. The number of para-hydroxylation sites is 1. The quantitative estimate of drug-likeness (QED) is 0.753. The highest BCUT2D eigenvalue weighted by molar-refractivity contribution is 6.18. The van der Waals surface area contributed by atoms with Crippen molar-refractivity contribution in [2.75, 3.05) is 5.88 Å². The minimum Gasteiger partial charge on any atom is -0.490 e. The molecule has 0 amide bonds. The fourth-order valence-electron chi connectivity index (χ4n) is 2.32. The summed E-state index contributed by atoms with van der Waals surface area (Å²) in [6.07, 6.45) is 2.55. The van der Waals surface area contributed by atoms with Crippen LogP contribution < -0.4 is 4.74 Å². The predicted octanol–water partition coefficient (Wildman–Crippen LogP) is 3.21. The molecule has 92 valence electrons. The first-order valence-corrected chi connectivity index (χ1v) is 6.55. The molecular weight excluding hydrogens is 236 g/mol. The van der Waals surface area contributed by atoms with E-state index in [0.717, 1.165) is 25.0 Å². The molecule has 2 nitrogen and oxygen atoms in total. The Kier molecular flexibility index (Phi) is 4.06. The summed E-state index contributed by atoms with van der Waals surface area (Å²) < 4.78 is 5.84. The van der Waals surface area contributed by atoms with Crippen molar-refractivity contribution in [1.82, 2.24) is 0 Å². The van der Waals surface area contributed by atoms with E-state index in [9.17, 15) is 4.79 Å². The second-order valence-corrected chi connectivity index (χ2v) is 4.95. The molecule has 0 radical (unpaired) electrons. The van der Waals surface area contributed by atoms with Crippen LogP contribution in [0.25, 0.3) is 0 Å². The Morgan fingerprint density at radius 2 is 2.29 bits per heavy atom. The molecule has 0 saturated carbocycles. The van der Waals surface area contributed by atoms with E-state index < -0.39 is 0 Å². The van der Waals surface area contributed by atoms with Crippen LogP contribution in [0, 0.1) is 5.92 Å². The highest BCUT2D eigenvalue weighted by Gasteiger charge is 2.26. The molecule has 1 aliphatic rings. The first kappa shape index (κ1) is 12.4. The average molecular weight is 253 g/mol. The number of carbonyl (C=O) groups is 1. The summed E-state index contributed by atoms with van der Waals surface area (Å²) in [6, 6.07) is 8.06. The minimum absolute atomic E-state index is 0.0341. The van der Waals surface area contributed by atoms with Gasteiger partial charge in [0, 0.05) is 18.2 Å². The van der Waals surface area contributed by atoms with Gasteiger partial charge in [0.05, 0.1) is 0 Å². The maximum Gasteiger partial charge on any atom is 0.133 e. The van der Waals surface area contributed by atoms with Crippen molar-refractivity contribution in [3.05, 3.63) is 29.8 Å². The largest absolute Gasteiger partial charge is 0.490 e. The number of alkyl halides is 1. The number of hydrogen-bond donors (Lipinski definition) is 0. The van der Waals surface area contributed by atoms with Crippen LogP contribution in [0.2, 0.25) is 0 Å². The van der Waals surface area contributed by atoms with Gasteiger partial charge in [-0.15, -0.1) is 11.6 Å². The third-order valence-electron chi connectivity index (χ3n) is 3.29. The average Bonchev–Trinajstić information content (AvgIpc) is 2.70. The van der Waals surface area contributed by atoms with Gasteiger partial charge in [0.1, 0.15) is 17.6 Å². The van der Waals surface area contributed by atoms with Crippen LogP contribution in [0.3, 0.4) is 0 Å². The summed E-state index contributed by atoms with van der Waals surface area (Å²) in [5.74, 6) is 1.74. The molecule has 0 saturated heterocycles. The molecule has 0 fully saturated rings. The molecule has 2 unspecified atom stereocenters. The number of hydrogen-bond acceptors (Lipinski definition) is 2. The standard InChI is InChI=1S/C14H17ClO2/c1-10(16)11(6-7-15)8-13-9-12-4-2-3-5-14(12)17-13/h2-5,11,13H,6-9H2,1H3. The smallest absolute Gasteiger partial charge is 0.133 e. The lowest BCUT2D eigenvalue weighted by molar-refractivity contribution is -0.121. The van der Waals surface area contributed by atoms with Gasteiger partial charge in [0.15, 0.2) is 0 Å². The number of Topliss-reactive ketones (excluding diaryl/α,β-unsaturated/α-hetero) is 1. The number of benzene rings is 1. The highest BCUT2D eigenvalue weighted by atomic mass is 35.5. The van der Waals surface area contributed by atoms with Crippen LogP contribution >= 0.6 is 11.6 Å². The summed E-state index contributed by atoms with van der Waals surface area (Å²) >= 11 is 5.72. The van der Waals surface area contributed by atoms with Crippen molar-refractivity contribution < 1.29 is 9.53 Å². The molecule has 0 aromatic heterocycles. The van der Waals surface area contributed by atoms with Crippen LogP contribution in [-0.2, 0) is 11.2 Å². The van der Waals surface area contributed by atoms with Crippen molar-refractivity contribution in [1.29, 1.82) is 0 Å². The fraction of sp³-hybridized carbons (Fsp3) is 0.500. The lowest BCUT2D eigenvalue weighted by Crippen LogP contribution is -2.22. The molecular formula is C14H17ClO2. The Labute approximate surface area is 107 Å². The van der Waals surface area contributed by atoms with Gasteiger partial charge in [-0.1, -0.05) is 18.2 Å². The second-order valence-electron chi connectivity index (χ2n) is 4.57. The third kappa shape index (κ3) is 3.01. The monoisotopic (exact) mass is 252 g/mol. The zero-order valence-corrected chi connectivity index (χ0v) is 10.7. The molecule has 2 rings (SSSR count). The predicted molar refractivity (Wildman–Crippen MR) is 68.7 cm³/mol. The van der Waals surface area contributed by atoms with Gasteiger partial charge in [-0.2, -0.15) is 0 Å². The lowest BCUT2D eigenvalue weighted by atomic mass is 9.93. The first-order chi connectivity index (χ1) is 8.20. The van der Waals surface area contributed by atoms with E-state index >= 15 is 0 Å².